The molecule has 3 aromatic rings. The first-order chi connectivity index (χ1) is 14.1. The molecule has 1 amide bonds. The summed E-state index contributed by atoms with van der Waals surface area (Å²) in [6.07, 6.45) is 1.73. The molecule has 1 aromatic carbocycles. The fraction of sp³-hybridized carbons (Fsp3) is 0.409. The molecule has 0 bridgehead atoms. The number of benzene rings is 1. The molecule has 0 atom stereocenters. The molecular formula is C22H26N4O2S. The summed E-state index contributed by atoms with van der Waals surface area (Å²) >= 11 is 1.60. The minimum Gasteiger partial charge on any atom is -0.341 e. The molecule has 3 heterocycles. The number of piperidine rings is 1. The van der Waals surface area contributed by atoms with Crippen LogP contribution in [-0.4, -0.2) is 46.0 Å². The van der Waals surface area contributed by atoms with Gasteiger partial charge in [0, 0.05) is 19.5 Å². The van der Waals surface area contributed by atoms with Gasteiger partial charge in [-0.05, 0) is 49.9 Å². The number of hydrogen-bond acceptors (Lipinski definition) is 6. The minimum atomic E-state index is 0.0889. The first kappa shape index (κ1) is 19.8. The van der Waals surface area contributed by atoms with Crippen LogP contribution in [0, 0.1) is 12.8 Å². The van der Waals surface area contributed by atoms with E-state index in [9.17, 15) is 4.79 Å². The van der Waals surface area contributed by atoms with E-state index in [0.29, 0.717) is 24.8 Å². The van der Waals surface area contributed by atoms with Crippen LogP contribution in [-0.2, 0) is 17.9 Å². The zero-order valence-corrected chi connectivity index (χ0v) is 17.7. The molecule has 0 saturated carbocycles. The lowest BCUT2D eigenvalue weighted by Gasteiger charge is -2.32. The lowest BCUT2D eigenvalue weighted by molar-refractivity contribution is -0.136. The minimum absolute atomic E-state index is 0.0889. The molecule has 152 valence electrons. The molecule has 29 heavy (non-hydrogen) atoms. The second-order valence-corrected chi connectivity index (χ2v) is 8.67. The maximum Gasteiger partial charge on any atom is 0.241 e. The van der Waals surface area contributed by atoms with Crippen molar-refractivity contribution in [2.75, 3.05) is 20.1 Å². The van der Waals surface area contributed by atoms with Gasteiger partial charge in [-0.2, -0.15) is 4.98 Å². The Morgan fingerprint density at radius 1 is 1.24 bits per heavy atom. The fourth-order valence-corrected chi connectivity index (χ4v) is 4.36. The Morgan fingerprint density at radius 2 is 2.00 bits per heavy atom. The number of nitrogens with zero attached hydrogens (tertiary/aromatic N) is 4. The molecule has 1 fully saturated rings. The Hall–Kier alpha value is -2.51. The van der Waals surface area contributed by atoms with Crippen LogP contribution >= 0.6 is 11.3 Å². The van der Waals surface area contributed by atoms with Gasteiger partial charge in [0.2, 0.25) is 17.6 Å². The van der Waals surface area contributed by atoms with E-state index in [1.807, 2.05) is 29.5 Å². The van der Waals surface area contributed by atoms with Gasteiger partial charge in [0.15, 0.2) is 0 Å². The number of carbonyl (C=O) groups is 1. The Kier molecular flexibility index (Phi) is 6.06. The number of rotatable bonds is 6. The molecule has 0 radical (unpaired) electrons. The van der Waals surface area contributed by atoms with E-state index in [1.54, 1.807) is 11.3 Å². The summed E-state index contributed by atoms with van der Waals surface area (Å²) in [7, 11) is 1.90. The van der Waals surface area contributed by atoms with E-state index >= 15 is 0 Å². The van der Waals surface area contributed by atoms with Gasteiger partial charge in [-0.25, -0.2) is 0 Å². The van der Waals surface area contributed by atoms with Gasteiger partial charge in [0.1, 0.15) is 0 Å². The van der Waals surface area contributed by atoms with E-state index in [0.717, 1.165) is 30.8 Å². The fourth-order valence-electron chi connectivity index (χ4n) is 3.71. The Morgan fingerprint density at radius 3 is 2.69 bits per heavy atom. The standard InChI is InChI=1S/C22H26N4O2S/c1-16-5-7-17(8-6-16)14-25(2)22(27)18-9-11-26(12-10-18)15-20-23-21(24-28-20)19-4-3-13-29-19/h3-8,13,18H,9-12,14-15H2,1-2H3. The molecule has 1 aliphatic heterocycles. The second kappa shape index (κ2) is 8.88. The largest absolute Gasteiger partial charge is 0.341 e. The number of carbonyl (C=O) groups excluding carboxylic acids is 1. The third-order valence-corrected chi connectivity index (χ3v) is 6.29. The quantitative estimate of drug-likeness (QED) is 0.615. The topological polar surface area (TPSA) is 62.5 Å². The number of likely N-dealkylation sites (tertiary alicyclic amines) is 1. The summed E-state index contributed by atoms with van der Waals surface area (Å²) in [5.41, 5.74) is 2.40. The van der Waals surface area contributed by atoms with Gasteiger partial charge in [-0.3, -0.25) is 9.69 Å². The highest BCUT2D eigenvalue weighted by atomic mass is 32.1. The molecule has 4 rings (SSSR count). The van der Waals surface area contributed by atoms with Gasteiger partial charge in [0.05, 0.1) is 11.4 Å². The Labute approximate surface area is 175 Å². The molecule has 0 N–H and O–H groups in total. The summed E-state index contributed by atoms with van der Waals surface area (Å²) in [4.78, 5) is 22.5. The van der Waals surface area contributed by atoms with E-state index < -0.39 is 0 Å². The Balaban J connectivity index is 1.26. The van der Waals surface area contributed by atoms with Crippen molar-refractivity contribution in [2.24, 2.45) is 5.92 Å². The second-order valence-electron chi connectivity index (χ2n) is 7.72. The van der Waals surface area contributed by atoms with Gasteiger partial charge < -0.3 is 9.42 Å². The van der Waals surface area contributed by atoms with Crippen molar-refractivity contribution in [1.82, 2.24) is 19.9 Å². The van der Waals surface area contributed by atoms with Crippen LogP contribution in [0.5, 0.6) is 0 Å². The van der Waals surface area contributed by atoms with Crippen molar-refractivity contribution in [3.8, 4) is 10.7 Å². The lowest BCUT2D eigenvalue weighted by Crippen LogP contribution is -2.40. The SMILES string of the molecule is Cc1ccc(CN(C)C(=O)C2CCN(Cc3nc(-c4cccs4)no3)CC2)cc1. The molecule has 1 saturated heterocycles. The van der Waals surface area contributed by atoms with Crippen LogP contribution in [0.25, 0.3) is 10.7 Å². The van der Waals surface area contributed by atoms with Gasteiger partial charge in [-0.15, -0.1) is 11.3 Å². The molecule has 1 aliphatic rings. The van der Waals surface area contributed by atoms with Crippen LogP contribution in [0.2, 0.25) is 0 Å². The van der Waals surface area contributed by atoms with Crippen molar-refractivity contribution in [2.45, 2.75) is 32.9 Å². The number of aromatic nitrogens is 2. The number of hydrogen-bond donors (Lipinski definition) is 0. The van der Waals surface area contributed by atoms with Crippen molar-refractivity contribution in [3.63, 3.8) is 0 Å². The van der Waals surface area contributed by atoms with Gasteiger partial charge in [-0.1, -0.05) is 41.1 Å². The highest BCUT2D eigenvalue weighted by molar-refractivity contribution is 7.13. The van der Waals surface area contributed by atoms with Crippen LogP contribution in [0.1, 0.15) is 29.9 Å². The molecule has 6 nitrogen and oxygen atoms in total. The van der Waals surface area contributed by atoms with Crippen LogP contribution < -0.4 is 0 Å². The van der Waals surface area contributed by atoms with Crippen LogP contribution in [0.15, 0.2) is 46.3 Å². The molecule has 7 heteroatoms. The third kappa shape index (κ3) is 4.92. The average Bonchev–Trinajstić information content (AvgIpc) is 3.41. The lowest BCUT2D eigenvalue weighted by atomic mass is 9.95. The molecular weight excluding hydrogens is 384 g/mol. The summed E-state index contributed by atoms with van der Waals surface area (Å²) < 4.78 is 5.41. The predicted molar refractivity (Wildman–Crippen MR) is 113 cm³/mol. The first-order valence-corrected chi connectivity index (χ1v) is 10.9. The number of amides is 1. The highest BCUT2D eigenvalue weighted by Gasteiger charge is 2.28. The average molecular weight is 411 g/mol. The number of aryl methyl sites for hydroxylation is 1. The first-order valence-electron chi connectivity index (χ1n) is 9.98. The molecule has 0 aliphatic carbocycles. The molecule has 2 aromatic heterocycles. The van der Waals surface area contributed by atoms with Gasteiger partial charge >= 0.3 is 0 Å². The summed E-state index contributed by atoms with van der Waals surface area (Å²) in [6.45, 7) is 5.10. The van der Waals surface area contributed by atoms with E-state index in [-0.39, 0.29) is 11.8 Å². The summed E-state index contributed by atoms with van der Waals surface area (Å²) in [5.74, 6) is 1.61. The van der Waals surface area contributed by atoms with Crippen LogP contribution in [0.3, 0.4) is 0 Å². The zero-order valence-electron chi connectivity index (χ0n) is 16.9. The third-order valence-electron chi connectivity index (χ3n) is 5.42. The normalized spacial score (nSPS) is 15.5. The molecule has 0 unspecified atom stereocenters. The van der Waals surface area contributed by atoms with E-state index in [1.165, 1.54) is 11.1 Å². The zero-order chi connectivity index (χ0) is 20.2. The number of thiophene rings is 1. The van der Waals surface area contributed by atoms with Gasteiger partial charge in [0.25, 0.3) is 0 Å². The molecule has 0 spiro atoms. The maximum atomic E-state index is 12.8. The van der Waals surface area contributed by atoms with E-state index in [2.05, 4.69) is 46.2 Å². The van der Waals surface area contributed by atoms with Crippen molar-refractivity contribution >= 4 is 17.2 Å². The summed E-state index contributed by atoms with van der Waals surface area (Å²) in [5, 5.41) is 6.08. The predicted octanol–water partition coefficient (Wildman–Crippen LogP) is 3.98. The smallest absolute Gasteiger partial charge is 0.241 e. The monoisotopic (exact) mass is 410 g/mol. The van der Waals surface area contributed by atoms with Crippen molar-refractivity contribution in [1.29, 1.82) is 0 Å². The Bertz CT molecular complexity index is 928. The summed E-state index contributed by atoms with van der Waals surface area (Å²) in [6, 6.07) is 12.3. The van der Waals surface area contributed by atoms with E-state index in [4.69, 9.17) is 4.52 Å². The van der Waals surface area contributed by atoms with Crippen molar-refractivity contribution in [3.05, 3.63) is 58.8 Å². The highest BCUT2D eigenvalue weighted by Crippen LogP contribution is 2.24. The van der Waals surface area contributed by atoms with Crippen LogP contribution in [0.4, 0.5) is 0 Å². The van der Waals surface area contributed by atoms with Crippen molar-refractivity contribution < 1.29 is 9.32 Å². The maximum absolute atomic E-state index is 12.8.